The van der Waals surface area contributed by atoms with Gasteiger partial charge in [0, 0.05) is 21.5 Å². The molecule has 0 N–H and O–H groups in total. The zero-order chi connectivity index (χ0) is 18.5. The van der Waals surface area contributed by atoms with Gasteiger partial charge in [-0.2, -0.15) is 0 Å². The fourth-order valence-electron chi connectivity index (χ4n) is 3.10. The lowest BCUT2D eigenvalue weighted by Gasteiger charge is -2.19. The molecule has 0 aliphatic carbocycles. The van der Waals surface area contributed by atoms with Gasteiger partial charge < -0.3 is 9.47 Å². The maximum atomic E-state index is 6.58. The third-order valence-electron chi connectivity index (χ3n) is 4.46. The van der Waals surface area contributed by atoms with Crippen molar-refractivity contribution in [2.75, 3.05) is 13.2 Å². The second-order valence-corrected chi connectivity index (χ2v) is 7.20. The van der Waals surface area contributed by atoms with Crippen LogP contribution in [0.5, 0.6) is 11.5 Å². The number of halogens is 2. The maximum Gasteiger partial charge on any atom is 0.138 e. The zero-order valence-electron chi connectivity index (χ0n) is 15.3. The van der Waals surface area contributed by atoms with Crippen LogP contribution in [-0.2, 0) is 0 Å². The van der Waals surface area contributed by atoms with E-state index < -0.39 is 0 Å². The summed E-state index contributed by atoms with van der Waals surface area (Å²) >= 11 is 13.2. The second-order valence-electron chi connectivity index (χ2n) is 6.39. The van der Waals surface area contributed by atoms with Crippen LogP contribution in [0, 0.1) is 0 Å². The van der Waals surface area contributed by atoms with E-state index in [1.807, 2.05) is 36.4 Å². The molecule has 2 nitrogen and oxygen atoms in total. The van der Waals surface area contributed by atoms with Gasteiger partial charge in [-0.15, -0.1) is 0 Å². The summed E-state index contributed by atoms with van der Waals surface area (Å²) in [5.41, 5.74) is 0. The molecule has 4 heteroatoms. The number of rotatable bonds is 8. The number of hydrogen-bond donors (Lipinski definition) is 0. The largest absolute Gasteiger partial charge is 0.492 e. The minimum absolute atomic E-state index is 0.632. The van der Waals surface area contributed by atoms with E-state index >= 15 is 0 Å². The van der Waals surface area contributed by atoms with Gasteiger partial charge in [0.2, 0.25) is 0 Å². The molecule has 0 unspecified atom stereocenters. The van der Waals surface area contributed by atoms with Crippen molar-refractivity contribution < 1.29 is 9.47 Å². The highest BCUT2D eigenvalue weighted by Crippen LogP contribution is 2.47. The fourth-order valence-corrected chi connectivity index (χ4v) is 3.62. The Morgan fingerprint density at radius 2 is 1.15 bits per heavy atom. The van der Waals surface area contributed by atoms with Crippen LogP contribution in [0.2, 0.25) is 10.0 Å². The number of fused-ring (bicyclic) bond motifs is 2. The summed E-state index contributed by atoms with van der Waals surface area (Å²) in [7, 11) is 0. The SMILES string of the molecule is CCCCOc1c2cccc(Cl)c2c(OCCCC)c2c(Cl)cccc12. The van der Waals surface area contributed by atoms with E-state index in [2.05, 4.69) is 13.8 Å². The lowest BCUT2D eigenvalue weighted by Crippen LogP contribution is -2.02. The van der Waals surface area contributed by atoms with Gasteiger partial charge in [-0.3, -0.25) is 0 Å². The van der Waals surface area contributed by atoms with Crippen molar-refractivity contribution >= 4 is 44.7 Å². The molecule has 0 amide bonds. The van der Waals surface area contributed by atoms with Crippen molar-refractivity contribution in [3.05, 3.63) is 46.4 Å². The Kier molecular flexibility index (Phi) is 6.50. The first-order chi connectivity index (χ1) is 12.7. The molecule has 3 aromatic carbocycles. The molecular weight excluding hydrogens is 367 g/mol. The van der Waals surface area contributed by atoms with E-state index in [9.17, 15) is 0 Å². The van der Waals surface area contributed by atoms with Crippen LogP contribution >= 0.6 is 23.2 Å². The highest BCUT2D eigenvalue weighted by Gasteiger charge is 2.20. The lowest BCUT2D eigenvalue weighted by atomic mass is 10.00. The summed E-state index contributed by atoms with van der Waals surface area (Å²) in [6.07, 6.45) is 4.12. The molecule has 138 valence electrons. The first-order valence-corrected chi connectivity index (χ1v) is 10.0. The van der Waals surface area contributed by atoms with Crippen LogP contribution in [-0.4, -0.2) is 13.2 Å². The monoisotopic (exact) mass is 390 g/mol. The molecule has 3 aromatic rings. The molecule has 0 saturated heterocycles. The lowest BCUT2D eigenvalue weighted by molar-refractivity contribution is 0.311. The molecule has 0 heterocycles. The van der Waals surface area contributed by atoms with Crippen LogP contribution in [0.1, 0.15) is 39.5 Å². The molecule has 0 saturated carbocycles. The van der Waals surface area contributed by atoms with E-state index in [4.69, 9.17) is 32.7 Å². The van der Waals surface area contributed by atoms with E-state index in [1.165, 1.54) is 0 Å². The minimum Gasteiger partial charge on any atom is -0.492 e. The van der Waals surface area contributed by atoms with Crippen molar-refractivity contribution in [2.45, 2.75) is 39.5 Å². The molecule has 0 aromatic heterocycles. The fraction of sp³-hybridized carbons (Fsp3) is 0.364. The van der Waals surface area contributed by atoms with Crippen LogP contribution in [0.15, 0.2) is 36.4 Å². The van der Waals surface area contributed by atoms with Gasteiger partial charge in [0.1, 0.15) is 11.5 Å². The normalized spacial score (nSPS) is 11.2. The maximum absolute atomic E-state index is 6.58. The van der Waals surface area contributed by atoms with Crippen LogP contribution in [0.4, 0.5) is 0 Å². The molecule has 0 atom stereocenters. The van der Waals surface area contributed by atoms with Gasteiger partial charge in [-0.25, -0.2) is 0 Å². The molecule has 0 radical (unpaired) electrons. The van der Waals surface area contributed by atoms with Gasteiger partial charge in [-0.1, -0.05) is 74.2 Å². The summed E-state index contributed by atoms with van der Waals surface area (Å²) in [6.45, 7) is 5.59. The number of ether oxygens (including phenoxy) is 2. The zero-order valence-corrected chi connectivity index (χ0v) is 16.8. The Labute approximate surface area is 165 Å². The summed E-state index contributed by atoms with van der Waals surface area (Å²) < 4.78 is 12.4. The Hall–Kier alpha value is -1.64. The molecule has 0 spiro atoms. The Balaban J connectivity index is 2.30. The molecule has 0 fully saturated rings. The van der Waals surface area contributed by atoms with Crippen molar-refractivity contribution in [2.24, 2.45) is 0 Å². The molecule has 0 aliphatic heterocycles. The smallest absolute Gasteiger partial charge is 0.138 e. The third-order valence-corrected chi connectivity index (χ3v) is 5.09. The van der Waals surface area contributed by atoms with E-state index in [-0.39, 0.29) is 0 Å². The van der Waals surface area contributed by atoms with Gasteiger partial charge >= 0.3 is 0 Å². The highest BCUT2D eigenvalue weighted by atomic mass is 35.5. The van der Waals surface area contributed by atoms with E-state index in [1.54, 1.807) is 0 Å². The molecule has 26 heavy (non-hydrogen) atoms. The number of benzene rings is 3. The van der Waals surface area contributed by atoms with Crippen LogP contribution in [0.25, 0.3) is 21.5 Å². The molecular formula is C22H24Cl2O2. The molecule has 3 rings (SSSR count). The Morgan fingerprint density at radius 1 is 0.692 bits per heavy atom. The van der Waals surface area contributed by atoms with E-state index in [0.717, 1.165) is 58.7 Å². The average molecular weight is 391 g/mol. The summed E-state index contributed by atoms with van der Waals surface area (Å²) in [5.74, 6) is 1.58. The third kappa shape index (κ3) is 3.72. The molecule has 0 aliphatic rings. The Bertz CT molecular complexity index is 843. The van der Waals surface area contributed by atoms with Gasteiger partial charge in [0.15, 0.2) is 0 Å². The average Bonchev–Trinajstić information content (AvgIpc) is 2.63. The predicted molar refractivity (Wildman–Crippen MR) is 112 cm³/mol. The standard InChI is InChI=1S/C22H24Cl2O2/c1-3-5-13-25-21-15-9-7-11-17(23)19(15)22(26-14-6-4-2)20-16(21)10-8-12-18(20)24/h7-12H,3-6,13-14H2,1-2H3. The van der Waals surface area contributed by atoms with Crippen LogP contribution < -0.4 is 9.47 Å². The second kappa shape index (κ2) is 8.83. The topological polar surface area (TPSA) is 18.5 Å². The Morgan fingerprint density at radius 3 is 1.62 bits per heavy atom. The van der Waals surface area contributed by atoms with Gasteiger partial charge in [-0.05, 0) is 25.0 Å². The minimum atomic E-state index is 0.632. The highest BCUT2D eigenvalue weighted by molar-refractivity contribution is 6.40. The summed E-state index contributed by atoms with van der Waals surface area (Å²) in [4.78, 5) is 0. The number of unbranched alkanes of at least 4 members (excludes halogenated alkanes) is 2. The van der Waals surface area contributed by atoms with Crippen LogP contribution in [0.3, 0.4) is 0 Å². The quantitative estimate of drug-likeness (QED) is 0.290. The van der Waals surface area contributed by atoms with E-state index in [0.29, 0.717) is 23.3 Å². The number of hydrogen-bond acceptors (Lipinski definition) is 2. The predicted octanol–water partition coefficient (Wildman–Crippen LogP) is 7.66. The van der Waals surface area contributed by atoms with Crippen molar-refractivity contribution in [1.29, 1.82) is 0 Å². The first kappa shape index (κ1) is 19.1. The van der Waals surface area contributed by atoms with Gasteiger partial charge in [0.05, 0.1) is 23.3 Å². The summed E-state index contributed by atoms with van der Waals surface area (Å²) in [5, 5.41) is 4.98. The van der Waals surface area contributed by atoms with Gasteiger partial charge in [0.25, 0.3) is 0 Å². The van der Waals surface area contributed by atoms with Crippen molar-refractivity contribution in [3.8, 4) is 11.5 Å². The molecule has 0 bridgehead atoms. The first-order valence-electron chi connectivity index (χ1n) is 9.27. The summed E-state index contributed by atoms with van der Waals surface area (Å²) in [6, 6.07) is 11.7. The van der Waals surface area contributed by atoms with Crippen molar-refractivity contribution in [1.82, 2.24) is 0 Å². The van der Waals surface area contributed by atoms with Crippen molar-refractivity contribution in [3.63, 3.8) is 0 Å².